The van der Waals surface area contributed by atoms with Crippen molar-refractivity contribution in [1.82, 2.24) is 0 Å². The summed E-state index contributed by atoms with van der Waals surface area (Å²) in [5, 5.41) is 10.6. The SMILES string of the molecule is C[Si]1(C)CCN(c2ccc([N+](=O)[O-])cc2F)CC1. The Morgan fingerprint density at radius 3 is 2.44 bits per heavy atom. The van der Waals surface area contributed by atoms with Crippen LogP contribution in [0.2, 0.25) is 25.2 Å². The number of nitrogens with zero attached hydrogens (tertiary/aromatic N) is 2. The molecular formula is C12H17FN2O2Si. The molecule has 0 bridgehead atoms. The van der Waals surface area contributed by atoms with Gasteiger partial charge in [-0.05, 0) is 18.2 Å². The van der Waals surface area contributed by atoms with E-state index in [9.17, 15) is 14.5 Å². The fraction of sp³-hybridized carbons (Fsp3) is 0.500. The second-order valence-electron chi connectivity index (χ2n) is 5.54. The molecule has 6 heteroatoms. The number of halogens is 1. The lowest BCUT2D eigenvalue weighted by molar-refractivity contribution is -0.385. The van der Waals surface area contributed by atoms with Crippen LogP contribution in [0.15, 0.2) is 18.2 Å². The average molecular weight is 268 g/mol. The molecule has 0 atom stereocenters. The minimum Gasteiger partial charge on any atom is -0.370 e. The van der Waals surface area contributed by atoms with E-state index in [2.05, 4.69) is 13.1 Å². The molecule has 0 amide bonds. The molecule has 2 rings (SSSR count). The first-order chi connectivity index (χ1) is 8.39. The van der Waals surface area contributed by atoms with Gasteiger partial charge in [0.1, 0.15) is 0 Å². The number of non-ortho nitro benzene ring substituents is 1. The van der Waals surface area contributed by atoms with Gasteiger partial charge in [-0.3, -0.25) is 10.1 Å². The number of nitro groups is 1. The molecule has 1 aliphatic rings. The monoisotopic (exact) mass is 268 g/mol. The zero-order valence-electron chi connectivity index (χ0n) is 10.6. The Kier molecular flexibility index (Phi) is 3.38. The Hall–Kier alpha value is -1.43. The maximum atomic E-state index is 13.9. The Morgan fingerprint density at radius 2 is 1.94 bits per heavy atom. The van der Waals surface area contributed by atoms with Crippen molar-refractivity contribution in [1.29, 1.82) is 0 Å². The highest BCUT2D eigenvalue weighted by Crippen LogP contribution is 2.29. The highest BCUT2D eigenvalue weighted by Gasteiger charge is 2.28. The van der Waals surface area contributed by atoms with E-state index < -0.39 is 18.8 Å². The van der Waals surface area contributed by atoms with E-state index in [0.29, 0.717) is 5.69 Å². The standard InChI is InChI=1S/C12H17FN2O2Si/c1-18(2)7-5-14(6-8-18)12-4-3-10(15(16)17)9-11(12)13/h3-4,9H,5-8H2,1-2H3. The molecule has 1 aromatic rings. The lowest BCUT2D eigenvalue weighted by atomic mass is 10.2. The normalized spacial score (nSPS) is 18.7. The molecule has 4 nitrogen and oxygen atoms in total. The molecule has 0 unspecified atom stereocenters. The van der Waals surface area contributed by atoms with E-state index in [4.69, 9.17) is 0 Å². The summed E-state index contributed by atoms with van der Waals surface area (Å²) in [6.07, 6.45) is 0. The van der Waals surface area contributed by atoms with Crippen molar-refractivity contribution in [2.45, 2.75) is 25.2 Å². The van der Waals surface area contributed by atoms with Gasteiger partial charge in [-0.15, -0.1) is 0 Å². The van der Waals surface area contributed by atoms with Gasteiger partial charge in [0.05, 0.1) is 24.8 Å². The summed E-state index contributed by atoms with van der Waals surface area (Å²) < 4.78 is 13.9. The van der Waals surface area contributed by atoms with Crippen LogP contribution in [0, 0.1) is 15.9 Å². The molecule has 0 aromatic heterocycles. The van der Waals surface area contributed by atoms with Crippen LogP contribution in [0.4, 0.5) is 15.8 Å². The lowest BCUT2D eigenvalue weighted by Gasteiger charge is -2.37. The van der Waals surface area contributed by atoms with E-state index in [0.717, 1.165) is 31.2 Å². The van der Waals surface area contributed by atoms with Crippen LogP contribution < -0.4 is 4.90 Å². The Bertz CT molecular complexity index is 469. The molecule has 98 valence electrons. The summed E-state index contributed by atoms with van der Waals surface area (Å²) in [4.78, 5) is 12.0. The summed E-state index contributed by atoms with van der Waals surface area (Å²) in [7, 11) is -1.08. The zero-order chi connectivity index (χ0) is 13.3. The van der Waals surface area contributed by atoms with Crippen LogP contribution in [0.25, 0.3) is 0 Å². The van der Waals surface area contributed by atoms with Gasteiger partial charge in [-0.2, -0.15) is 0 Å². The molecule has 1 aliphatic heterocycles. The second-order valence-corrected chi connectivity index (χ2v) is 10.9. The molecule has 0 aliphatic carbocycles. The maximum Gasteiger partial charge on any atom is 0.272 e. The van der Waals surface area contributed by atoms with E-state index in [1.807, 2.05) is 4.90 Å². The molecule has 1 fully saturated rings. The minimum atomic E-state index is -1.08. The third-order valence-electron chi connectivity index (χ3n) is 3.60. The number of rotatable bonds is 2. The van der Waals surface area contributed by atoms with Crippen molar-refractivity contribution in [3.05, 3.63) is 34.1 Å². The summed E-state index contributed by atoms with van der Waals surface area (Å²) in [6, 6.07) is 6.18. The Labute approximate surface area is 107 Å². The van der Waals surface area contributed by atoms with Crippen molar-refractivity contribution in [2.24, 2.45) is 0 Å². The van der Waals surface area contributed by atoms with Crippen molar-refractivity contribution < 1.29 is 9.31 Å². The number of anilines is 1. The topological polar surface area (TPSA) is 46.4 Å². The van der Waals surface area contributed by atoms with Gasteiger partial charge in [0.25, 0.3) is 5.69 Å². The fourth-order valence-corrected chi connectivity index (χ4v) is 4.22. The third-order valence-corrected chi connectivity index (χ3v) is 6.75. The summed E-state index contributed by atoms with van der Waals surface area (Å²) in [6.45, 7) is 6.40. The van der Waals surface area contributed by atoms with E-state index in [1.54, 1.807) is 0 Å². The summed E-state index contributed by atoms with van der Waals surface area (Å²) >= 11 is 0. The predicted octanol–water partition coefficient (Wildman–Crippen LogP) is 3.26. The largest absolute Gasteiger partial charge is 0.370 e. The van der Waals surface area contributed by atoms with Crippen LogP contribution >= 0.6 is 0 Å². The second kappa shape index (κ2) is 4.68. The third kappa shape index (κ3) is 2.69. The van der Waals surface area contributed by atoms with Crippen LogP contribution in [0.1, 0.15) is 0 Å². The summed E-state index contributed by atoms with van der Waals surface area (Å²) in [5.74, 6) is -0.495. The smallest absolute Gasteiger partial charge is 0.272 e. The first kappa shape index (κ1) is 13.0. The highest BCUT2D eigenvalue weighted by atomic mass is 28.3. The number of nitro benzene ring substituents is 1. The van der Waals surface area contributed by atoms with Gasteiger partial charge in [0.2, 0.25) is 0 Å². The van der Waals surface area contributed by atoms with Crippen LogP contribution in [0.5, 0.6) is 0 Å². The van der Waals surface area contributed by atoms with Crippen molar-refractivity contribution in [3.63, 3.8) is 0 Å². The predicted molar refractivity (Wildman–Crippen MR) is 72.4 cm³/mol. The Balaban J connectivity index is 2.17. The highest BCUT2D eigenvalue weighted by molar-refractivity contribution is 6.77. The van der Waals surface area contributed by atoms with Crippen LogP contribution in [-0.4, -0.2) is 26.1 Å². The van der Waals surface area contributed by atoms with Crippen LogP contribution in [0.3, 0.4) is 0 Å². The van der Waals surface area contributed by atoms with Gasteiger partial charge >= 0.3 is 0 Å². The molecule has 18 heavy (non-hydrogen) atoms. The van der Waals surface area contributed by atoms with E-state index in [1.165, 1.54) is 12.1 Å². The first-order valence-electron chi connectivity index (χ1n) is 6.08. The van der Waals surface area contributed by atoms with Crippen LogP contribution in [-0.2, 0) is 0 Å². The van der Waals surface area contributed by atoms with E-state index in [-0.39, 0.29) is 5.69 Å². The molecule has 1 heterocycles. The van der Waals surface area contributed by atoms with Gasteiger partial charge < -0.3 is 4.90 Å². The van der Waals surface area contributed by atoms with Gasteiger partial charge in [0.15, 0.2) is 5.82 Å². The average Bonchev–Trinajstić information content (AvgIpc) is 2.29. The molecule has 0 saturated carbocycles. The van der Waals surface area contributed by atoms with Gasteiger partial charge in [-0.1, -0.05) is 13.1 Å². The number of hydrogen-bond donors (Lipinski definition) is 0. The first-order valence-corrected chi connectivity index (χ1v) is 9.49. The molecule has 0 radical (unpaired) electrons. The van der Waals surface area contributed by atoms with Crippen molar-refractivity contribution in [2.75, 3.05) is 18.0 Å². The fourth-order valence-electron chi connectivity index (χ4n) is 2.22. The lowest BCUT2D eigenvalue weighted by Crippen LogP contribution is -2.43. The molecule has 1 saturated heterocycles. The minimum absolute atomic E-state index is 0.192. The molecule has 0 N–H and O–H groups in total. The molecule has 1 aromatic carbocycles. The zero-order valence-corrected chi connectivity index (χ0v) is 11.6. The van der Waals surface area contributed by atoms with Crippen molar-refractivity contribution in [3.8, 4) is 0 Å². The maximum absolute atomic E-state index is 13.9. The Morgan fingerprint density at radius 1 is 1.33 bits per heavy atom. The number of hydrogen-bond acceptors (Lipinski definition) is 3. The van der Waals surface area contributed by atoms with E-state index >= 15 is 0 Å². The van der Waals surface area contributed by atoms with Crippen molar-refractivity contribution >= 4 is 19.4 Å². The number of benzene rings is 1. The quantitative estimate of drug-likeness (QED) is 0.470. The molecular weight excluding hydrogens is 251 g/mol. The van der Waals surface area contributed by atoms with Gasteiger partial charge in [0, 0.05) is 19.2 Å². The molecule has 0 spiro atoms. The van der Waals surface area contributed by atoms with Gasteiger partial charge in [-0.25, -0.2) is 4.39 Å². The summed E-state index contributed by atoms with van der Waals surface area (Å²) in [5.41, 5.74) is 0.299.